The third kappa shape index (κ3) is 312. The van der Waals surface area contributed by atoms with Crippen LogP contribution >= 0.6 is 0 Å². The van der Waals surface area contributed by atoms with Crippen molar-refractivity contribution in [2.45, 2.75) is 23.8 Å². The van der Waals surface area contributed by atoms with Crippen molar-refractivity contribution in [3.8, 4) is 0 Å². The van der Waals surface area contributed by atoms with Crippen LogP contribution in [0.2, 0.25) is 8.97 Å². The molecule has 0 aromatic rings. The molecule has 53 valence electrons. The fourth-order valence-corrected chi connectivity index (χ4v) is 0. The first-order chi connectivity index (χ1) is 2.83. The van der Waals surface area contributed by atoms with Crippen LogP contribution < -0.4 is 0 Å². The van der Waals surface area contributed by atoms with Crippen molar-refractivity contribution >= 4 is 35.8 Å². The van der Waals surface area contributed by atoms with E-state index in [0.29, 0.717) is 0 Å². The molecule has 0 atom stereocenters. The first kappa shape index (κ1) is 23.2. The molecular weight excluding hydrogens is 316 g/mol. The Balaban J connectivity index is -0.0000000160. The van der Waals surface area contributed by atoms with Gasteiger partial charge >= 0.3 is 33.2 Å². The van der Waals surface area contributed by atoms with E-state index in [2.05, 4.69) is 8.97 Å². The third-order valence-corrected chi connectivity index (χ3v) is 0. The van der Waals surface area contributed by atoms with Crippen molar-refractivity contribution in [1.29, 1.82) is 0 Å². The van der Waals surface area contributed by atoms with Crippen molar-refractivity contribution in [2.24, 2.45) is 0 Å². The van der Waals surface area contributed by atoms with E-state index in [1.54, 1.807) is 0 Å². The molecule has 8 heavy (non-hydrogen) atoms. The Morgan fingerprint density at radius 2 is 1.12 bits per heavy atom. The predicted molar refractivity (Wildman–Crippen MR) is 41.1 cm³/mol. The molecule has 0 aromatic carbocycles. The van der Waals surface area contributed by atoms with E-state index < -0.39 is 11.6 Å². The van der Waals surface area contributed by atoms with Gasteiger partial charge in [0.05, 0.1) is 0 Å². The molecular formula is C4H15O2STl-. The zero-order valence-electron chi connectivity index (χ0n) is 3.84. The van der Waals surface area contributed by atoms with Crippen molar-refractivity contribution in [3.05, 3.63) is 0 Å². The summed E-state index contributed by atoms with van der Waals surface area (Å²) in [7, 11) is 0. The van der Waals surface area contributed by atoms with Gasteiger partial charge in [-0.15, -0.1) is 0 Å². The van der Waals surface area contributed by atoms with Crippen LogP contribution in [0.15, 0.2) is 0 Å². The SMILES string of the molecule is C.C.O=[SH-]=O.[CH3][Tl][CH3]. The first-order valence-corrected chi connectivity index (χ1v) is 11.2. The Labute approximate surface area is 67.9 Å². The molecule has 0 N–H and O–H groups in total. The molecule has 0 heterocycles. The van der Waals surface area contributed by atoms with Crippen LogP contribution in [0.1, 0.15) is 14.9 Å². The van der Waals surface area contributed by atoms with E-state index in [1.165, 1.54) is 0 Å². The summed E-state index contributed by atoms with van der Waals surface area (Å²) in [6.45, 7) is 0. The van der Waals surface area contributed by atoms with Crippen LogP contribution in [0, 0.1) is 0 Å². The van der Waals surface area contributed by atoms with Crippen LogP contribution in [-0.2, 0) is 20.0 Å². The van der Waals surface area contributed by atoms with Crippen molar-refractivity contribution in [3.63, 3.8) is 0 Å². The van der Waals surface area contributed by atoms with Gasteiger partial charge in [-0.2, -0.15) is 0 Å². The van der Waals surface area contributed by atoms with Gasteiger partial charge in [-0.1, -0.05) is 26.4 Å². The Kier molecular flexibility index (Phi) is 130. The van der Waals surface area contributed by atoms with Gasteiger partial charge in [0.1, 0.15) is 0 Å². The Morgan fingerprint density at radius 1 is 1.12 bits per heavy atom. The molecule has 0 amide bonds. The van der Waals surface area contributed by atoms with Gasteiger partial charge < -0.3 is 8.42 Å². The van der Waals surface area contributed by atoms with E-state index in [9.17, 15) is 0 Å². The zero-order valence-corrected chi connectivity index (χ0v) is 9.22. The molecule has 0 saturated carbocycles. The van der Waals surface area contributed by atoms with E-state index in [1.807, 2.05) is 0 Å². The van der Waals surface area contributed by atoms with Gasteiger partial charge in [-0.05, 0) is 0 Å². The summed E-state index contributed by atoms with van der Waals surface area (Å²) in [5, 5.41) is 0. The van der Waals surface area contributed by atoms with Crippen molar-refractivity contribution in [1.82, 2.24) is 0 Å². The summed E-state index contributed by atoms with van der Waals surface area (Å²) in [6, 6.07) is 0. The maximum absolute atomic E-state index is 8.35. The topological polar surface area (TPSA) is 34.1 Å². The van der Waals surface area contributed by atoms with Gasteiger partial charge in [0.15, 0.2) is 0 Å². The molecule has 0 aliphatic rings. The fourth-order valence-electron chi connectivity index (χ4n) is 0. The molecule has 0 rings (SSSR count). The molecule has 4 heteroatoms. The Bertz CT molecular complexity index is 43.3. The van der Waals surface area contributed by atoms with E-state index in [4.69, 9.17) is 8.42 Å². The quantitative estimate of drug-likeness (QED) is 0.383. The molecule has 0 fully saturated rings. The van der Waals surface area contributed by atoms with E-state index >= 15 is 0 Å². The molecule has 0 bridgehead atoms. The molecule has 0 aliphatic carbocycles. The predicted octanol–water partition coefficient (Wildman–Crippen LogP) is 1.55. The van der Waals surface area contributed by atoms with Gasteiger partial charge in [-0.25, -0.2) is 0 Å². The third-order valence-electron chi connectivity index (χ3n) is 0. The zero-order chi connectivity index (χ0) is 5.41. The van der Waals surface area contributed by atoms with E-state index in [-0.39, 0.29) is 39.1 Å². The summed E-state index contributed by atoms with van der Waals surface area (Å²) < 4.78 is 21.4. The van der Waals surface area contributed by atoms with Crippen LogP contribution in [0.4, 0.5) is 0 Å². The second-order valence-electron chi connectivity index (χ2n) is 0.652. The molecule has 2 nitrogen and oxygen atoms in total. The second-order valence-corrected chi connectivity index (χ2v) is 5.29. The number of thiol groups is 1. The summed E-state index contributed by atoms with van der Waals surface area (Å²) >= 11 is -1.08. The monoisotopic (exact) mass is 332 g/mol. The van der Waals surface area contributed by atoms with Crippen molar-refractivity contribution in [2.75, 3.05) is 0 Å². The first-order valence-electron chi connectivity index (χ1n) is 1.52. The molecule has 0 saturated heterocycles. The molecule has 0 aromatic heterocycles. The minimum atomic E-state index is -1.08. The summed E-state index contributed by atoms with van der Waals surface area (Å²) in [6.07, 6.45) is 0. The summed E-state index contributed by atoms with van der Waals surface area (Å²) in [5.74, 6) is 0. The van der Waals surface area contributed by atoms with Crippen LogP contribution in [0.25, 0.3) is 0 Å². The minimum absolute atomic E-state index is 0. The maximum atomic E-state index is 8.35. The second kappa shape index (κ2) is 45.1. The van der Waals surface area contributed by atoms with Gasteiger partial charge in [0.2, 0.25) is 0 Å². The normalized spacial score (nSPS) is 3.25. The average Bonchev–Trinajstić information content (AvgIpc) is 1.39. The number of hydrogen-bond donors (Lipinski definition) is 0. The van der Waals surface area contributed by atoms with E-state index in [0.717, 1.165) is 0 Å². The number of hydrogen-bond acceptors (Lipinski definition) is 3. The molecule has 0 aliphatic heterocycles. The van der Waals surface area contributed by atoms with Gasteiger partial charge in [0, 0.05) is 0 Å². The fraction of sp³-hybridized carbons (Fsp3) is 1.00. The Hall–Kier alpha value is 0.872. The van der Waals surface area contributed by atoms with Crippen molar-refractivity contribution < 1.29 is 8.42 Å². The summed E-state index contributed by atoms with van der Waals surface area (Å²) in [5.41, 5.74) is 0. The van der Waals surface area contributed by atoms with Gasteiger partial charge in [-0.3, -0.25) is 0 Å². The summed E-state index contributed by atoms with van der Waals surface area (Å²) in [4.78, 5) is 0. The number of rotatable bonds is 0. The average molecular weight is 332 g/mol. The Morgan fingerprint density at radius 3 is 1.12 bits per heavy atom. The molecule has 0 radical (unpaired) electrons. The molecule has 0 spiro atoms. The van der Waals surface area contributed by atoms with Crippen LogP contribution in [-0.4, -0.2) is 24.2 Å². The molecule has 0 unspecified atom stereocenters. The standard InChI is InChI=1S/2CH4.2CH3.HO2S.Tl/c;;;;1-3-2;/h2*1H4;2*1H3;3H;/q;;;;-1;. The van der Waals surface area contributed by atoms with Crippen LogP contribution in [0.5, 0.6) is 0 Å². The van der Waals surface area contributed by atoms with Gasteiger partial charge in [0.25, 0.3) is 0 Å². The van der Waals surface area contributed by atoms with Crippen LogP contribution in [0.3, 0.4) is 0 Å².